The Morgan fingerprint density at radius 2 is 2.16 bits per heavy atom. The number of nitrogens with two attached hydrogens (primary N) is 1. The molecule has 0 amide bonds. The van der Waals surface area contributed by atoms with Gasteiger partial charge in [0.1, 0.15) is 5.82 Å². The number of aliphatic carboxylic acids is 1. The molecule has 0 radical (unpaired) electrons. The Morgan fingerprint density at radius 1 is 1.42 bits per heavy atom. The molecule has 1 unspecified atom stereocenters. The molecular weight excluding hydrogens is 253 g/mol. The summed E-state index contributed by atoms with van der Waals surface area (Å²) in [4.78, 5) is 10.6. The average molecular weight is 269 g/mol. The summed E-state index contributed by atoms with van der Waals surface area (Å²) < 4.78 is 24.9. The lowest BCUT2D eigenvalue weighted by molar-refractivity contribution is -0.137. The lowest BCUT2D eigenvalue weighted by atomic mass is 10.0. The second-order valence-electron chi connectivity index (χ2n) is 4.38. The molecule has 1 aromatic carbocycles. The summed E-state index contributed by atoms with van der Waals surface area (Å²) in [7, 11) is 0. The molecule has 0 saturated carbocycles. The van der Waals surface area contributed by atoms with Crippen LogP contribution in [0.25, 0.3) is 0 Å². The van der Waals surface area contributed by atoms with Crippen LogP contribution < -0.4 is 15.2 Å². The Hall–Kier alpha value is -1.82. The zero-order valence-electron chi connectivity index (χ0n) is 10.4. The molecule has 2 rings (SSSR count). The summed E-state index contributed by atoms with van der Waals surface area (Å²) in [6.45, 7) is 0.928. The number of rotatable bonds is 4. The molecule has 1 heterocycles. The van der Waals surface area contributed by atoms with Crippen molar-refractivity contribution in [2.24, 2.45) is 5.73 Å². The highest BCUT2D eigenvalue weighted by atomic mass is 19.1. The van der Waals surface area contributed by atoms with E-state index in [0.29, 0.717) is 31.1 Å². The quantitative estimate of drug-likeness (QED) is 0.871. The fraction of sp³-hybridized carbons (Fsp3) is 0.462. The Balaban J connectivity index is 2.29. The van der Waals surface area contributed by atoms with Gasteiger partial charge in [0.05, 0.1) is 18.8 Å². The third-order valence-corrected chi connectivity index (χ3v) is 2.94. The number of hydrogen-bond donors (Lipinski definition) is 2. The number of fused-ring (bicyclic) bond motifs is 1. The molecule has 3 N–H and O–H groups in total. The summed E-state index contributed by atoms with van der Waals surface area (Å²) in [5.41, 5.74) is 6.08. The maximum Gasteiger partial charge on any atom is 0.303 e. The number of carboxylic acids is 1. The first-order valence-electron chi connectivity index (χ1n) is 6.15. The van der Waals surface area contributed by atoms with Crippen molar-refractivity contribution < 1.29 is 23.8 Å². The van der Waals surface area contributed by atoms with Crippen LogP contribution in [0.2, 0.25) is 0 Å². The fourth-order valence-electron chi connectivity index (χ4n) is 2.00. The minimum Gasteiger partial charge on any atom is -0.490 e. The highest BCUT2D eigenvalue weighted by molar-refractivity contribution is 5.66. The minimum atomic E-state index is -0.963. The van der Waals surface area contributed by atoms with Crippen molar-refractivity contribution >= 4 is 5.97 Å². The molecule has 19 heavy (non-hydrogen) atoms. The molecule has 1 aromatic rings. The Kier molecular flexibility index (Phi) is 4.21. The summed E-state index contributed by atoms with van der Waals surface area (Å²) in [5, 5.41) is 8.66. The zero-order valence-corrected chi connectivity index (χ0v) is 10.4. The van der Waals surface area contributed by atoms with Gasteiger partial charge in [0.25, 0.3) is 0 Å². The number of halogens is 1. The molecule has 1 aliphatic rings. The number of carboxylic acid groups (broad SMARTS) is 1. The summed E-state index contributed by atoms with van der Waals surface area (Å²) in [6.07, 6.45) is 0.733. The topological polar surface area (TPSA) is 81.8 Å². The van der Waals surface area contributed by atoms with E-state index in [1.54, 1.807) is 0 Å². The molecule has 6 heteroatoms. The molecule has 1 aliphatic heterocycles. The number of carbonyl (C=O) groups is 1. The number of hydrogen-bond acceptors (Lipinski definition) is 4. The lowest BCUT2D eigenvalue weighted by Gasteiger charge is -2.18. The van der Waals surface area contributed by atoms with E-state index in [-0.39, 0.29) is 18.4 Å². The predicted octanol–water partition coefficient (Wildman–Crippen LogP) is 1.85. The van der Waals surface area contributed by atoms with Gasteiger partial charge >= 0.3 is 5.97 Å². The SMILES string of the molecule is NC(CCC(=O)O)c1c(F)ccc2c1OCCCO2. The van der Waals surface area contributed by atoms with Crippen LogP contribution in [0.5, 0.6) is 11.5 Å². The molecule has 0 aromatic heterocycles. The van der Waals surface area contributed by atoms with Crippen molar-refractivity contribution in [3.05, 3.63) is 23.5 Å². The van der Waals surface area contributed by atoms with Gasteiger partial charge in [0.15, 0.2) is 11.5 Å². The van der Waals surface area contributed by atoms with E-state index in [1.165, 1.54) is 12.1 Å². The van der Waals surface area contributed by atoms with Crippen molar-refractivity contribution in [1.29, 1.82) is 0 Å². The smallest absolute Gasteiger partial charge is 0.303 e. The van der Waals surface area contributed by atoms with Crippen molar-refractivity contribution in [2.45, 2.75) is 25.3 Å². The van der Waals surface area contributed by atoms with E-state index in [9.17, 15) is 9.18 Å². The van der Waals surface area contributed by atoms with Crippen molar-refractivity contribution in [3.63, 3.8) is 0 Å². The second kappa shape index (κ2) is 5.88. The van der Waals surface area contributed by atoms with Gasteiger partial charge in [0.2, 0.25) is 0 Å². The van der Waals surface area contributed by atoms with Crippen LogP contribution in [0.1, 0.15) is 30.9 Å². The normalized spacial score (nSPS) is 15.7. The van der Waals surface area contributed by atoms with E-state index in [0.717, 1.165) is 0 Å². The Bertz CT molecular complexity index is 478. The third-order valence-electron chi connectivity index (χ3n) is 2.94. The van der Waals surface area contributed by atoms with Crippen LogP contribution in [0.15, 0.2) is 12.1 Å². The molecule has 1 atom stereocenters. The van der Waals surface area contributed by atoms with Crippen LogP contribution in [0.4, 0.5) is 4.39 Å². The molecule has 5 nitrogen and oxygen atoms in total. The molecule has 0 saturated heterocycles. The van der Waals surface area contributed by atoms with Crippen LogP contribution in [0, 0.1) is 5.82 Å². The van der Waals surface area contributed by atoms with E-state index in [4.69, 9.17) is 20.3 Å². The fourth-order valence-corrected chi connectivity index (χ4v) is 2.00. The van der Waals surface area contributed by atoms with Crippen molar-refractivity contribution in [1.82, 2.24) is 0 Å². The first-order valence-corrected chi connectivity index (χ1v) is 6.15. The Labute approximate surface area is 110 Å². The molecule has 104 valence electrons. The standard InChI is InChI=1S/C13H16FNO4/c14-8-2-4-10-13(19-7-1-6-18-10)12(8)9(15)3-5-11(16)17/h2,4,9H,1,3,5-7,15H2,(H,16,17). The van der Waals surface area contributed by atoms with Gasteiger partial charge in [-0.25, -0.2) is 4.39 Å². The highest BCUT2D eigenvalue weighted by Gasteiger charge is 2.23. The molecule has 0 aliphatic carbocycles. The van der Waals surface area contributed by atoms with E-state index in [1.807, 2.05) is 0 Å². The van der Waals surface area contributed by atoms with Crippen molar-refractivity contribution in [2.75, 3.05) is 13.2 Å². The average Bonchev–Trinajstić information content (AvgIpc) is 2.61. The highest BCUT2D eigenvalue weighted by Crippen LogP contribution is 2.38. The first-order chi connectivity index (χ1) is 9.09. The van der Waals surface area contributed by atoms with Gasteiger partial charge in [-0.2, -0.15) is 0 Å². The molecule has 0 fully saturated rings. The summed E-state index contributed by atoms with van der Waals surface area (Å²) >= 11 is 0. The van der Waals surface area contributed by atoms with E-state index in [2.05, 4.69) is 0 Å². The van der Waals surface area contributed by atoms with Gasteiger partial charge in [-0.1, -0.05) is 0 Å². The zero-order chi connectivity index (χ0) is 13.8. The van der Waals surface area contributed by atoms with Gasteiger partial charge in [0, 0.05) is 18.9 Å². The van der Waals surface area contributed by atoms with Gasteiger partial charge in [-0.3, -0.25) is 4.79 Å². The molecule has 0 spiro atoms. The van der Waals surface area contributed by atoms with E-state index >= 15 is 0 Å². The second-order valence-corrected chi connectivity index (χ2v) is 4.38. The van der Waals surface area contributed by atoms with Gasteiger partial charge in [-0.15, -0.1) is 0 Å². The monoisotopic (exact) mass is 269 g/mol. The summed E-state index contributed by atoms with van der Waals surface area (Å²) in [5.74, 6) is -0.702. The predicted molar refractivity (Wildman–Crippen MR) is 65.8 cm³/mol. The third kappa shape index (κ3) is 3.14. The van der Waals surface area contributed by atoms with E-state index < -0.39 is 17.8 Å². The van der Waals surface area contributed by atoms with Gasteiger partial charge in [-0.05, 0) is 18.6 Å². The molecule has 0 bridgehead atoms. The number of ether oxygens (including phenoxy) is 2. The minimum absolute atomic E-state index is 0.120. The van der Waals surface area contributed by atoms with Crippen LogP contribution in [-0.2, 0) is 4.79 Å². The van der Waals surface area contributed by atoms with Gasteiger partial charge < -0.3 is 20.3 Å². The molecular formula is C13H16FNO4. The summed E-state index contributed by atoms with van der Waals surface area (Å²) in [6, 6.07) is 2.04. The van der Waals surface area contributed by atoms with Crippen LogP contribution >= 0.6 is 0 Å². The maximum atomic E-state index is 13.9. The Morgan fingerprint density at radius 3 is 2.89 bits per heavy atom. The van der Waals surface area contributed by atoms with Crippen LogP contribution in [-0.4, -0.2) is 24.3 Å². The lowest BCUT2D eigenvalue weighted by Crippen LogP contribution is -2.15. The number of benzene rings is 1. The first kappa shape index (κ1) is 13.6. The largest absolute Gasteiger partial charge is 0.490 e. The maximum absolute atomic E-state index is 13.9. The van der Waals surface area contributed by atoms with Crippen LogP contribution in [0.3, 0.4) is 0 Å². The van der Waals surface area contributed by atoms with Crippen molar-refractivity contribution in [3.8, 4) is 11.5 Å².